The molecule has 2 N–H and O–H groups in total. The van der Waals surface area contributed by atoms with Gasteiger partial charge in [-0.05, 0) is 30.8 Å². The first-order valence-electron chi connectivity index (χ1n) is 5.18. The normalized spacial score (nSPS) is 11.9. The highest BCUT2D eigenvalue weighted by atomic mass is 32.2. The summed E-state index contributed by atoms with van der Waals surface area (Å²) in [5.74, 6) is 2.22. The first kappa shape index (κ1) is 14.5. The lowest BCUT2D eigenvalue weighted by Gasteiger charge is -2.03. The van der Waals surface area contributed by atoms with Gasteiger partial charge in [0.15, 0.2) is 0 Å². The molecule has 5 heteroatoms. The zero-order chi connectivity index (χ0) is 10.9. The molecule has 0 aliphatic heterocycles. The molecule has 0 radical (unpaired) electrons. The minimum Gasteiger partial charge on any atom is -0.324 e. The fourth-order valence-electron chi connectivity index (χ4n) is 1.08. The van der Waals surface area contributed by atoms with Crippen LogP contribution in [0, 0.1) is 0 Å². The summed E-state index contributed by atoms with van der Waals surface area (Å²) < 4.78 is 10.5. The average Bonchev–Trinajstić information content (AvgIpc) is 2.08. The lowest BCUT2D eigenvalue weighted by atomic mass is 10.3. The van der Waals surface area contributed by atoms with Gasteiger partial charge in [-0.1, -0.05) is 19.8 Å². The van der Waals surface area contributed by atoms with Gasteiger partial charge in [0.05, 0.1) is 0 Å². The molecular formula is C9H21O3PS. The van der Waals surface area contributed by atoms with E-state index in [-0.39, 0.29) is 6.16 Å². The minimum absolute atomic E-state index is 0.0442. The zero-order valence-corrected chi connectivity index (χ0v) is 10.5. The molecule has 0 heterocycles. The quantitative estimate of drug-likeness (QED) is 0.480. The summed E-state index contributed by atoms with van der Waals surface area (Å²) in [5, 5.41) is 0. The summed E-state index contributed by atoms with van der Waals surface area (Å²) in [6.45, 7) is 2.19. The molecular weight excluding hydrogens is 219 g/mol. The van der Waals surface area contributed by atoms with E-state index in [1.807, 2.05) is 11.8 Å². The molecule has 3 nitrogen and oxygen atoms in total. The Hall–Kier alpha value is 0.500. The third kappa shape index (κ3) is 12.5. The van der Waals surface area contributed by atoms with Gasteiger partial charge in [-0.25, -0.2) is 0 Å². The van der Waals surface area contributed by atoms with Crippen LogP contribution in [0.1, 0.15) is 39.0 Å². The van der Waals surface area contributed by atoms with Gasteiger partial charge in [-0.3, -0.25) is 4.57 Å². The van der Waals surface area contributed by atoms with Crippen molar-refractivity contribution in [2.75, 3.05) is 17.7 Å². The van der Waals surface area contributed by atoms with Crippen LogP contribution in [0.25, 0.3) is 0 Å². The lowest BCUT2D eigenvalue weighted by Crippen LogP contribution is -1.90. The fraction of sp³-hybridized carbons (Fsp3) is 1.00. The molecule has 0 saturated carbocycles. The topological polar surface area (TPSA) is 57.5 Å². The van der Waals surface area contributed by atoms with Crippen molar-refractivity contribution in [2.24, 2.45) is 0 Å². The SMILES string of the molecule is CCCCCSCCCCP(=O)(O)O. The predicted molar refractivity (Wildman–Crippen MR) is 63.0 cm³/mol. The number of hydrogen-bond acceptors (Lipinski definition) is 2. The van der Waals surface area contributed by atoms with E-state index in [1.54, 1.807) is 0 Å². The molecule has 0 aliphatic carbocycles. The number of hydrogen-bond donors (Lipinski definition) is 2. The highest BCUT2D eigenvalue weighted by Crippen LogP contribution is 2.35. The number of unbranched alkanes of at least 4 members (excludes halogenated alkanes) is 3. The number of rotatable bonds is 9. The van der Waals surface area contributed by atoms with E-state index in [0.29, 0.717) is 6.42 Å². The van der Waals surface area contributed by atoms with Crippen molar-refractivity contribution in [2.45, 2.75) is 39.0 Å². The van der Waals surface area contributed by atoms with Crippen molar-refractivity contribution in [1.29, 1.82) is 0 Å². The van der Waals surface area contributed by atoms with Gasteiger partial charge in [-0.15, -0.1) is 0 Å². The first-order valence-corrected chi connectivity index (χ1v) is 8.14. The fourth-order valence-corrected chi connectivity index (χ4v) is 2.73. The molecule has 0 fully saturated rings. The summed E-state index contributed by atoms with van der Waals surface area (Å²) in [6.07, 6.45) is 5.41. The lowest BCUT2D eigenvalue weighted by molar-refractivity contribution is 0.371. The standard InChI is InChI=1S/C9H21O3PS/c1-2-3-5-8-14-9-6-4-7-13(10,11)12/h2-9H2,1H3,(H2,10,11,12). The van der Waals surface area contributed by atoms with E-state index in [1.165, 1.54) is 25.0 Å². The van der Waals surface area contributed by atoms with Gasteiger partial charge in [0.2, 0.25) is 0 Å². The molecule has 0 bridgehead atoms. The molecule has 0 aromatic rings. The molecule has 0 rings (SSSR count). The van der Waals surface area contributed by atoms with E-state index >= 15 is 0 Å². The molecule has 0 amide bonds. The summed E-state index contributed by atoms with van der Waals surface area (Å²) in [7, 11) is -3.74. The largest absolute Gasteiger partial charge is 0.325 e. The smallest absolute Gasteiger partial charge is 0.324 e. The summed E-state index contributed by atoms with van der Waals surface area (Å²) in [5.41, 5.74) is 0. The summed E-state index contributed by atoms with van der Waals surface area (Å²) >= 11 is 1.89. The minimum atomic E-state index is -3.74. The third-order valence-corrected chi connectivity index (χ3v) is 3.93. The summed E-state index contributed by atoms with van der Waals surface area (Å²) in [4.78, 5) is 17.2. The van der Waals surface area contributed by atoms with Crippen LogP contribution < -0.4 is 0 Å². The van der Waals surface area contributed by atoms with E-state index in [4.69, 9.17) is 9.79 Å². The van der Waals surface area contributed by atoms with Crippen molar-refractivity contribution in [1.82, 2.24) is 0 Å². The van der Waals surface area contributed by atoms with Crippen molar-refractivity contribution < 1.29 is 14.4 Å². The average molecular weight is 240 g/mol. The van der Waals surface area contributed by atoms with Crippen LogP contribution >= 0.6 is 19.4 Å². The van der Waals surface area contributed by atoms with Crippen LogP contribution in [0.5, 0.6) is 0 Å². The molecule has 0 unspecified atom stereocenters. The second-order valence-corrected chi connectivity index (χ2v) is 6.42. The van der Waals surface area contributed by atoms with Gasteiger partial charge in [0.25, 0.3) is 0 Å². The van der Waals surface area contributed by atoms with E-state index < -0.39 is 7.60 Å². The maximum atomic E-state index is 10.5. The second-order valence-electron chi connectivity index (χ2n) is 3.41. The first-order chi connectivity index (χ1) is 6.56. The van der Waals surface area contributed by atoms with Crippen molar-refractivity contribution >= 4 is 19.4 Å². The molecule has 0 aromatic carbocycles. The van der Waals surface area contributed by atoms with E-state index in [9.17, 15) is 4.57 Å². The maximum Gasteiger partial charge on any atom is 0.325 e. The van der Waals surface area contributed by atoms with Crippen LogP contribution in [0.3, 0.4) is 0 Å². The Morgan fingerprint density at radius 2 is 1.64 bits per heavy atom. The van der Waals surface area contributed by atoms with Gasteiger partial charge >= 0.3 is 7.60 Å². The molecule has 0 atom stereocenters. The Balaban J connectivity index is 3.03. The van der Waals surface area contributed by atoms with E-state index in [0.717, 1.165) is 12.2 Å². The Morgan fingerprint density at radius 1 is 1.07 bits per heavy atom. The molecule has 0 saturated heterocycles. The molecule has 0 aliphatic rings. The Kier molecular flexibility index (Phi) is 9.09. The summed E-state index contributed by atoms with van der Waals surface area (Å²) in [6, 6.07) is 0. The second kappa shape index (κ2) is 8.78. The van der Waals surface area contributed by atoms with E-state index in [2.05, 4.69) is 6.92 Å². The molecule has 86 valence electrons. The molecule has 14 heavy (non-hydrogen) atoms. The van der Waals surface area contributed by atoms with Crippen LogP contribution in [-0.2, 0) is 4.57 Å². The zero-order valence-electron chi connectivity index (χ0n) is 8.81. The predicted octanol–water partition coefficient (Wildman–Crippen LogP) is 2.87. The van der Waals surface area contributed by atoms with Crippen molar-refractivity contribution in [3.8, 4) is 0 Å². The van der Waals surface area contributed by atoms with Crippen molar-refractivity contribution in [3.63, 3.8) is 0 Å². The van der Waals surface area contributed by atoms with Crippen LogP contribution in [0.15, 0.2) is 0 Å². The molecule has 0 aromatic heterocycles. The third-order valence-electron chi connectivity index (χ3n) is 1.88. The van der Waals surface area contributed by atoms with Crippen LogP contribution in [0.2, 0.25) is 0 Å². The van der Waals surface area contributed by atoms with Crippen LogP contribution in [-0.4, -0.2) is 27.5 Å². The Labute approximate surface area is 90.8 Å². The van der Waals surface area contributed by atoms with Gasteiger partial charge < -0.3 is 9.79 Å². The van der Waals surface area contributed by atoms with Gasteiger partial charge in [-0.2, -0.15) is 11.8 Å². The molecule has 0 spiro atoms. The Bertz CT molecular complexity index is 169. The number of thioether (sulfide) groups is 1. The van der Waals surface area contributed by atoms with Gasteiger partial charge in [0.1, 0.15) is 0 Å². The highest BCUT2D eigenvalue weighted by molar-refractivity contribution is 7.99. The van der Waals surface area contributed by atoms with Crippen LogP contribution in [0.4, 0.5) is 0 Å². The maximum absolute atomic E-state index is 10.5. The highest BCUT2D eigenvalue weighted by Gasteiger charge is 2.10. The Morgan fingerprint density at radius 3 is 2.14 bits per heavy atom. The van der Waals surface area contributed by atoms with Gasteiger partial charge in [0, 0.05) is 6.16 Å². The van der Waals surface area contributed by atoms with Crippen molar-refractivity contribution in [3.05, 3.63) is 0 Å². The monoisotopic (exact) mass is 240 g/mol.